The van der Waals surface area contributed by atoms with Gasteiger partial charge in [0.15, 0.2) is 0 Å². The minimum atomic E-state index is -0.462. The van der Waals surface area contributed by atoms with Crippen molar-refractivity contribution in [3.63, 3.8) is 0 Å². The van der Waals surface area contributed by atoms with E-state index >= 15 is 0 Å². The Morgan fingerprint density at radius 1 is 1.38 bits per heavy atom. The van der Waals surface area contributed by atoms with Crippen molar-refractivity contribution in [1.82, 2.24) is 0 Å². The highest BCUT2D eigenvalue weighted by molar-refractivity contribution is 6.09. The first kappa shape index (κ1) is 17.6. The Hall–Kier alpha value is -3.26. The number of nitrogens with zero attached hydrogens (tertiary/aromatic N) is 1. The third kappa shape index (κ3) is 3.86. The van der Waals surface area contributed by atoms with E-state index in [0.29, 0.717) is 23.6 Å². The van der Waals surface area contributed by atoms with Gasteiger partial charge in [-0.1, -0.05) is 18.2 Å². The minimum absolute atomic E-state index is 0.000742. The molecule has 1 aliphatic heterocycles. The zero-order valence-corrected chi connectivity index (χ0v) is 14.8. The van der Waals surface area contributed by atoms with Crippen LogP contribution in [0.15, 0.2) is 48.0 Å². The molecule has 1 aliphatic rings. The van der Waals surface area contributed by atoms with E-state index in [9.17, 15) is 10.1 Å². The summed E-state index contributed by atoms with van der Waals surface area (Å²) in [5, 5.41) is 12.2. The smallest absolute Gasteiger partial charge is 0.266 e. The Labute approximate surface area is 152 Å². The fraction of sp³-hybridized carbons (Fsp3) is 0.238. The summed E-state index contributed by atoms with van der Waals surface area (Å²) in [6, 6.07) is 14.8. The zero-order chi connectivity index (χ0) is 18.5. The number of para-hydroxylation sites is 1. The van der Waals surface area contributed by atoms with E-state index in [0.717, 1.165) is 17.7 Å². The highest BCUT2D eigenvalue weighted by Crippen LogP contribution is 2.36. The molecule has 0 saturated heterocycles. The van der Waals surface area contributed by atoms with Crippen molar-refractivity contribution in [3.05, 3.63) is 59.2 Å². The highest BCUT2D eigenvalue weighted by Gasteiger charge is 2.22. The Morgan fingerprint density at radius 3 is 2.85 bits per heavy atom. The SMILES string of the molecule is CCOc1cc2c(cc1/C=C(\C#N)C(=O)Nc1ccccc1)OC(C)C2. The summed E-state index contributed by atoms with van der Waals surface area (Å²) < 4.78 is 11.5. The number of fused-ring (bicyclic) bond motifs is 1. The van der Waals surface area contributed by atoms with Gasteiger partial charge in [0.25, 0.3) is 5.91 Å². The molecule has 1 atom stereocenters. The first-order valence-corrected chi connectivity index (χ1v) is 8.55. The Kier molecular flexibility index (Phi) is 5.23. The summed E-state index contributed by atoms with van der Waals surface area (Å²) in [6.45, 7) is 4.39. The standard InChI is InChI=1S/C21H20N2O3/c1-3-25-19-11-15-9-14(2)26-20(15)12-16(19)10-17(13-22)21(24)23-18-7-5-4-6-8-18/h4-8,10-12,14H,3,9H2,1-2H3,(H,23,24)/b17-10+. The average molecular weight is 348 g/mol. The number of amides is 1. The van der Waals surface area contributed by atoms with E-state index in [1.165, 1.54) is 6.08 Å². The Balaban J connectivity index is 1.92. The number of benzene rings is 2. The number of ether oxygens (including phenoxy) is 2. The number of hydrogen-bond donors (Lipinski definition) is 1. The monoisotopic (exact) mass is 348 g/mol. The Bertz CT molecular complexity index is 882. The maximum Gasteiger partial charge on any atom is 0.266 e. The van der Waals surface area contributed by atoms with Gasteiger partial charge in [-0.15, -0.1) is 0 Å². The second-order valence-corrected chi connectivity index (χ2v) is 6.05. The van der Waals surface area contributed by atoms with E-state index in [1.54, 1.807) is 12.1 Å². The van der Waals surface area contributed by atoms with Gasteiger partial charge in [-0.2, -0.15) is 5.26 Å². The van der Waals surface area contributed by atoms with Crippen LogP contribution < -0.4 is 14.8 Å². The van der Waals surface area contributed by atoms with Gasteiger partial charge in [0.2, 0.25) is 0 Å². The van der Waals surface area contributed by atoms with Crippen LogP contribution in [-0.4, -0.2) is 18.6 Å². The number of nitrogens with one attached hydrogen (secondary N) is 1. The first-order valence-electron chi connectivity index (χ1n) is 8.55. The maximum atomic E-state index is 12.4. The summed E-state index contributed by atoms with van der Waals surface area (Å²) in [5.41, 5.74) is 2.36. The molecule has 1 amide bonds. The van der Waals surface area contributed by atoms with Gasteiger partial charge in [0, 0.05) is 23.2 Å². The van der Waals surface area contributed by atoms with Crippen LogP contribution >= 0.6 is 0 Å². The second-order valence-electron chi connectivity index (χ2n) is 6.05. The zero-order valence-electron chi connectivity index (χ0n) is 14.8. The van der Waals surface area contributed by atoms with Crippen LogP contribution in [0.2, 0.25) is 0 Å². The van der Waals surface area contributed by atoms with E-state index in [4.69, 9.17) is 9.47 Å². The number of anilines is 1. The minimum Gasteiger partial charge on any atom is -0.493 e. The number of hydrogen-bond acceptors (Lipinski definition) is 4. The van der Waals surface area contributed by atoms with E-state index in [2.05, 4.69) is 5.32 Å². The molecule has 1 heterocycles. The van der Waals surface area contributed by atoms with Crippen LogP contribution in [0.5, 0.6) is 11.5 Å². The van der Waals surface area contributed by atoms with Crippen LogP contribution in [0.3, 0.4) is 0 Å². The fourth-order valence-electron chi connectivity index (χ4n) is 2.87. The number of rotatable bonds is 5. The predicted octanol–water partition coefficient (Wildman–Crippen LogP) is 3.95. The number of nitriles is 1. The molecule has 2 aromatic carbocycles. The van der Waals surface area contributed by atoms with Crippen molar-refractivity contribution in [1.29, 1.82) is 5.26 Å². The molecule has 0 aliphatic carbocycles. The van der Waals surface area contributed by atoms with Crippen molar-refractivity contribution in [2.24, 2.45) is 0 Å². The van der Waals surface area contributed by atoms with Gasteiger partial charge in [-0.05, 0) is 44.2 Å². The molecular weight excluding hydrogens is 328 g/mol. The number of carbonyl (C=O) groups excluding carboxylic acids is 1. The van der Waals surface area contributed by atoms with E-state index in [1.807, 2.05) is 50.2 Å². The van der Waals surface area contributed by atoms with Crippen LogP contribution in [0.25, 0.3) is 6.08 Å². The largest absolute Gasteiger partial charge is 0.493 e. The molecule has 0 saturated carbocycles. The quantitative estimate of drug-likeness (QED) is 0.656. The maximum absolute atomic E-state index is 12.4. The lowest BCUT2D eigenvalue weighted by Gasteiger charge is -2.11. The van der Waals surface area contributed by atoms with Gasteiger partial charge >= 0.3 is 0 Å². The average Bonchev–Trinajstić information content (AvgIpc) is 2.99. The second kappa shape index (κ2) is 7.75. The van der Waals surface area contributed by atoms with E-state index in [-0.39, 0.29) is 11.7 Å². The number of carbonyl (C=O) groups is 1. The lowest BCUT2D eigenvalue weighted by molar-refractivity contribution is -0.112. The summed E-state index contributed by atoms with van der Waals surface area (Å²) in [5.74, 6) is 0.952. The summed E-state index contributed by atoms with van der Waals surface area (Å²) in [6.07, 6.45) is 2.46. The van der Waals surface area contributed by atoms with Crippen LogP contribution in [-0.2, 0) is 11.2 Å². The van der Waals surface area contributed by atoms with Gasteiger partial charge in [0.05, 0.1) is 6.61 Å². The van der Waals surface area contributed by atoms with Crippen LogP contribution in [0.1, 0.15) is 25.0 Å². The van der Waals surface area contributed by atoms with Crippen LogP contribution in [0, 0.1) is 11.3 Å². The van der Waals surface area contributed by atoms with Gasteiger partial charge in [-0.25, -0.2) is 0 Å². The summed E-state index contributed by atoms with van der Waals surface area (Å²) in [7, 11) is 0. The molecular formula is C21H20N2O3. The van der Waals surface area contributed by atoms with Gasteiger partial charge in [0.1, 0.15) is 29.2 Å². The van der Waals surface area contributed by atoms with Crippen molar-refractivity contribution in [2.45, 2.75) is 26.4 Å². The van der Waals surface area contributed by atoms with E-state index < -0.39 is 5.91 Å². The van der Waals surface area contributed by atoms with Crippen molar-refractivity contribution < 1.29 is 14.3 Å². The van der Waals surface area contributed by atoms with Crippen LogP contribution in [0.4, 0.5) is 5.69 Å². The molecule has 2 aromatic rings. The van der Waals surface area contributed by atoms with Crippen molar-refractivity contribution in [3.8, 4) is 17.6 Å². The van der Waals surface area contributed by atoms with Gasteiger partial charge in [-0.3, -0.25) is 4.79 Å². The third-order valence-corrected chi connectivity index (χ3v) is 4.02. The molecule has 26 heavy (non-hydrogen) atoms. The molecule has 132 valence electrons. The molecule has 3 rings (SSSR count). The van der Waals surface area contributed by atoms with Crippen molar-refractivity contribution >= 4 is 17.7 Å². The normalized spacial score (nSPS) is 15.6. The lowest BCUT2D eigenvalue weighted by Crippen LogP contribution is -2.13. The molecule has 0 spiro atoms. The Morgan fingerprint density at radius 2 is 2.15 bits per heavy atom. The lowest BCUT2D eigenvalue weighted by atomic mass is 10.0. The highest BCUT2D eigenvalue weighted by atomic mass is 16.5. The van der Waals surface area contributed by atoms with Crippen molar-refractivity contribution in [2.75, 3.05) is 11.9 Å². The first-order chi connectivity index (χ1) is 12.6. The molecule has 5 heteroatoms. The van der Waals surface area contributed by atoms with Gasteiger partial charge < -0.3 is 14.8 Å². The topological polar surface area (TPSA) is 71.3 Å². The third-order valence-electron chi connectivity index (χ3n) is 4.02. The molecule has 0 bridgehead atoms. The summed E-state index contributed by atoms with van der Waals surface area (Å²) in [4.78, 5) is 12.4. The molecule has 0 radical (unpaired) electrons. The predicted molar refractivity (Wildman–Crippen MR) is 100 cm³/mol. The summed E-state index contributed by atoms with van der Waals surface area (Å²) >= 11 is 0. The molecule has 1 unspecified atom stereocenters. The fourth-order valence-corrected chi connectivity index (χ4v) is 2.87. The molecule has 5 nitrogen and oxygen atoms in total. The molecule has 0 fully saturated rings. The molecule has 1 N–H and O–H groups in total. The molecule has 0 aromatic heterocycles.